The zero-order valence-electron chi connectivity index (χ0n) is 7.03. The Bertz CT molecular complexity index is 283. The van der Waals surface area contributed by atoms with Crippen LogP contribution in [0.4, 0.5) is 5.69 Å². The second-order valence-corrected chi connectivity index (χ2v) is 2.88. The Hall–Kier alpha value is -1.09. The molecule has 0 amide bonds. The molecule has 3 nitrogen and oxygen atoms in total. The van der Waals surface area contributed by atoms with Gasteiger partial charge in [-0.25, -0.2) is 9.98 Å². The summed E-state index contributed by atoms with van der Waals surface area (Å²) in [7, 11) is 3.79. The standard InChI is InChI=1S/C8H10ClN3/c1-12(2)6-11-7-4-3-5-10-8(7)9/h3-6H,1-2H3. The average Bonchev–Trinajstić information content (AvgIpc) is 2.03. The van der Waals surface area contributed by atoms with Crippen LogP contribution in [0, 0.1) is 0 Å². The van der Waals surface area contributed by atoms with Crippen molar-refractivity contribution in [2.45, 2.75) is 0 Å². The Labute approximate surface area is 76.7 Å². The minimum atomic E-state index is 0.426. The molecule has 1 aromatic heterocycles. The van der Waals surface area contributed by atoms with E-state index in [1.165, 1.54) is 0 Å². The third-order valence-electron chi connectivity index (χ3n) is 1.17. The number of aromatic nitrogens is 1. The zero-order chi connectivity index (χ0) is 8.97. The van der Waals surface area contributed by atoms with E-state index in [9.17, 15) is 0 Å². The third kappa shape index (κ3) is 2.51. The average molecular weight is 184 g/mol. The van der Waals surface area contributed by atoms with Gasteiger partial charge in [0.2, 0.25) is 0 Å². The number of hydrogen-bond acceptors (Lipinski definition) is 2. The lowest BCUT2D eigenvalue weighted by atomic mass is 10.4. The van der Waals surface area contributed by atoms with Crippen LogP contribution >= 0.6 is 11.6 Å². The van der Waals surface area contributed by atoms with Crippen molar-refractivity contribution in [3.63, 3.8) is 0 Å². The molecule has 0 unspecified atom stereocenters. The number of halogens is 1. The van der Waals surface area contributed by atoms with Crippen molar-refractivity contribution < 1.29 is 0 Å². The normalized spacial score (nSPS) is 10.6. The van der Waals surface area contributed by atoms with Gasteiger partial charge in [-0.3, -0.25) is 0 Å². The van der Waals surface area contributed by atoms with Gasteiger partial charge < -0.3 is 4.90 Å². The Morgan fingerprint density at radius 3 is 2.92 bits per heavy atom. The molecule has 4 heteroatoms. The van der Waals surface area contributed by atoms with Gasteiger partial charge >= 0.3 is 0 Å². The Kier molecular flexibility index (Phi) is 3.05. The van der Waals surface area contributed by atoms with Crippen molar-refractivity contribution in [1.82, 2.24) is 9.88 Å². The SMILES string of the molecule is CN(C)C=Nc1cccnc1Cl. The number of rotatable bonds is 2. The fourth-order valence-corrected chi connectivity index (χ4v) is 0.820. The minimum Gasteiger partial charge on any atom is -0.369 e. The number of nitrogens with zero attached hydrogens (tertiary/aromatic N) is 3. The lowest BCUT2D eigenvalue weighted by Crippen LogP contribution is -2.06. The summed E-state index contributed by atoms with van der Waals surface area (Å²) in [6.45, 7) is 0. The van der Waals surface area contributed by atoms with Gasteiger partial charge in [-0.05, 0) is 12.1 Å². The molecular weight excluding hydrogens is 174 g/mol. The molecule has 0 saturated heterocycles. The lowest BCUT2D eigenvalue weighted by Gasteiger charge is -2.02. The molecule has 0 fully saturated rings. The maximum Gasteiger partial charge on any atom is 0.154 e. The van der Waals surface area contributed by atoms with Gasteiger partial charge in [0.05, 0.1) is 6.34 Å². The van der Waals surface area contributed by atoms with Crippen molar-refractivity contribution >= 4 is 23.6 Å². The molecule has 0 aliphatic heterocycles. The van der Waals surface area contributed by atoms with Gasteiger partial charge in [0, 0.05) is 20.3 Å². The van der Waals surface area contributed by atoms with Gasteiger partial charge in [-0.2, -0.15) is 0 Å². The van der Waals surface area contributed by atoms with Crippen molar-refractivity contribution in [3.8, 4) is 0 Å². The first-order valence-corrected chi connectivity index (χ1v) is 3.89. The first-order valence-electron chi connectivity index (χ1n) is 3.51. The van der Waals surface area contributed by atoms with Crippen molar-refractivity contribution in [2.75, 3.05) is 14.1 Å². The van der Waals surface area contributed by atoms with E-state index >= 15 is 0 Å². The molecule has 64 valence electrons. The summed E-state index contributed by atoms with van der Waals surface area (Å²) >= 11 is 5.76. The van der Waals surface area contributed by atoms with Crippen LogP contribution in [0.15, 0.2) is 23.3 Å². The largest absolute Gasteiger partial charge is 0.369 e. The lowest BCUT2D eigenvalue weighted by molar-refractivity contribution is 0.643. The van der Waals surface area contributed by atoms with Crippen LogP contribution in [0.1, 0.15) is 0 Å². The van der Waals surface area contributed by atoms with Crippen LogP contribution in [-0.4, -0.2) is 30.3 Å². The van der Waals surface area contributed by atoms with E-state index < -0.39 is 0 Å². The Morgan fingerprint density at radius 2 is 2.33 bits per heavy atom. The van der Waals surface area contributed by atoms with Gasteiger partial charge in [-0.1, -0.05) is 11.6 Å². The summed E-state index contributed by atoms with van der Waals surface area (Å²) < 4.78 is 0. The van der Waals surface area contributed by atoms with Gasteiger partial charge in [0.15, 0.2) is 5.15 Å². The molecule has 0 bridgehead atoms. The van der Waals surface area contributed by atoms with Crippen LogP contribution in [-0.2, 0) is 0 Å². The highest BCUT2D eigenvalue weighted by Gasteiger charge is 1.95. The second-order valence-electron chi connectivity index (χ2n) is 2.52. The van der Waals surface area contributed by atoms with E-state index in [4.69, 9.17) is 11.6 Å². The molecule has 1 heterocycles. The summed E-state index contributed by atoms with van der Waals surface area (Å²) in [5.74, 6) is 0. The summed E-state index contributed by atoms with van der Waals surface area (Å²) in [6, 6.07) is 3.61. The summed E-state index contributed by atoms with van der Waals surface area (Å²) in [4.78, 5) is 9.84. The van der Waals surface area contributed by atoms with Gasteiger partial charge in [0.1, 0.15) is 5.69 Å². The molecule has 0 atom stereocenters. The number of pyridine rings is 1. The Balaban J connectivity index is 2.82. The van der Waals surface area contributed by atoms with Crippen LogP contribution in [0.5, 0.6) is 0 Å². The molecular formula is C8H10ClN3. The van der Waals surface area contributed by atoms with E-state index in [1.807, 2.05) is 25.1 Å². The minimum absolute atomic E-state index is 0.426. The third-order valence-corrected chi connectivity index (χ3v) is 1.46. The monoisotopic (exact) mass is 183 g/mol. The molecule has 0 saturated carbocycles. The molecule has 0 spiro atoms. The zero-order valence-corrected chi connectivity index (χ0v) is 7.78. The molecule has 0 radical (unpaired) electrons. The van der Waals surface area contributed by atoms with Crippen molar-refractivity contribution in [1.29, 1.82) is 0 Å². The maximum absolute atomic E-state index is 5.76. The summed E-state index contributed by atoms with van der Waals surface area (Å²) in [5, 5.41) is 0.426. The van der Waals surface area contributed by atoms with Gasteiger partial charge in [-0.15, -0.1) is 0 Å². The Morgan fingerprint density at radius 1 is 1.58 bits per heavy atom. The number of hydrogen-bond donors (Lipinski definition) is 0. The van der Waals surface area contributed by atoms with Crippen molar-refractivity contribution in [3.05, 3.63) is 23.5 Å². The maximum atomic E-state index is 5.76. The van der Waals surface area contributed by atoms with E-state index in [2.05, 4.69) is 9.98 Å². The highest BCUT2D eigenvalue weighted by atomic mass is 35.5. The van der Waals surface area contributed by atoms with E-state index in [0.717, 1.165) is 0 Å². The number of aliphatic imine (C=N–C) groups is 1. The highest BCUT2D eigenvalue weighted by molar-refractivity contribution is 6.31. The van der Waals surface area contributed by atoms with Gasteiger partial charge in [0.25, 0.3) is 0 Å². The molecule has 12 heavy (non-hydrogen) atoms. The van der Waals surface area contributed by atoms with Crippen LogP contribution in [0.2, 0.25) is 5.15 Å². The second kappa shape index (κ2) is 4.07. The van der Waals surface area contributed by atoms with Crippen LogP contribution < -0.4 is 0 Å². The first-order chi connectivity index (χ1) is 5.70. The van der Waals surface area contributed by atoms with Crippen LogP contribution in [0.3, 0.4) is 0 Å². The van der Waals surface area contributed by atoms with E-state index in [1.54, 1.807) is 18.6 Å². The fraction of sp³-hybridized carbons (Fsp3) is 0.250. The predicted octanol–water partition coefficient (Wildman–Crippen LogP) is 1.96. The first kappa shape index (κ1) is 9.00. The molecule has 1 aromatic rings. The topological polar surface area (TPSA) is 28.5 Å². The highest BCUT2D eigenvalue weighted by Crippen LogP contribution is 2.20. The smallest absolute Gasteiger partial charge is 0.154 e. The molecule has 1 rings (SSSR count). The molecule has 0 aromatic carbocycles. The molecule has 0 N–H and O–H groups in total. The summed E-state index contributed by atoms with van der Waals surface area (Å²) in [6.07, 6.45) is 3.32. The van der Waals surface area contributed by atoms with E-state index in [-0.39, 0.29) is 0 Å². The van der Waals surface area contributed by atoms with Crippen LogP contribution in [0.25, 0.3) is 0 Å². The molecule has 0 aliphatic carbocycles. The quantitative estimate of drug-likeness (QED) is 0.399. The molecule has 0 aliphatic rings. The fourth-order valence-electron chi connectivity index (χ4n) is 0.652. The summed E-state index contributed by atoms with van der Waals surface area (Å²) in [5.41, 5.74) is 0.688. The van der Waals surface area contributed by atoms with E-state index in [0.29, 0.717) is 10.8 Å². The predicted molar refractivity (Wildman–Crippen MR) is 51.1 cm³/mol. The van der Waals surface area contributed by atoms with Crippen molar-refractivity contribution in [2.24, 2.45) is 4.99 Å².